The molecule has 9 heteroatoms. The topological polar surface area (TPSA) is 105 Å². The number of halogens is 2. The third-order valence-electron chi connectivity index (χ3n) is 5.64. The predicted molar refractivity (Wildman–Crippen MR) is 103 cm³/mol. The fourth-order valence-electron chi connectivity index (χ4n) is 4.35. The molecule has 0 aliphatic heterocycles. The Morgan fingerprint density at radius 3 is 2.50 bits per heavy atom. The van der Waals surface area contributed by atoms with Gasteiger partial charge < -0.3 is 9.84 Å². The number of amides is 2. The number of rotatable bonds is 6. The van der Waals surface area contributed by atoms with Crippen molar-refractivity contribution < 1.29 is 24.2 Å². The van der Waals surface area contributed by atoms with Crippen LogP contribution >= 0.6 is 23.2 Å². The smallest absolute Gasteiger partial charge is 0.307 e. The molecule has 152 valence electrons. The third kappa shape index (κ3) is 4.20. The molecule has 0 aromatic heterocycles. The second kappa shape index (κ2) is 8.57. The number of hydrogen-bond acceptors (Lipinski definition) is 4. The molecule has 5 atom stereocenters. The van der Waals surface area contributed by atoms with Gasteiger partial charge in [-0.25, -0.2) is 0 Å². The Labute approximate surface area is 172 Å². The number of aliphatic carboxylic acids is 1. The zero-order valence-corrected chi connectivity index (χ0v) is 16.8. The second-order valence-corrected chi connectivity index (χ2v) is 8.13. The Kier molecular flexibility index (Phi) is 6.35. The molecule has 1 aromatic rings. The highest BCUT2D eigenvalue weighted by Gasteiger charge is 2.54. The van der Waals surface area contributed by atoms with Crippen LogP contribution in [-0.2, 0) is 14.4 Å². The van der Waals surface area contributed by atoms with Gasteiger partial charge in [0.05, 0.1) is 16.9 Å². The lowest BCUT2D eigenvalue weighted by atomic mass is 9.79. The normalized spacial score (nSPS) is 26.5. The summed E-state index contributed by atoms with van der Waals surface area (Å²) < 4.78 is 5.63. The van der Waals surface area contributed by atoms with Crippen molar-refractivity contribution in [3.05, 3.63) is 28.2 Å². The molecule has 0 spiro atoms. The fraction of sp³-hybridized carbons (Fsp3) is 0.526. The molecule has 7 nitrogen and oxygen atoms in total. The van der Waals surface area contributed by atoms with Crippen molar-refractivity contribution in [2.24, 2.45) is 23.7 Å². The highest BCUT2D eigenvalue weighted by molar-refractivity contribution is 6.34. The van der Waals surface area contributed by atoms with Crippen molar-refractivity contribution >= 4 is 41.0 Å². The SMILES string of the molecule is CC[C@H](Oc1cc(Cl)ccc1Cl)C(=O)NNC(=O)[C@H]1[C@@H]2CC[C@@H](C2)[C@@H]1C(=O)O. The van der Waals surface area contributed by atoms with Gasteiger partial charge in [-0.3, -0.25) is 25.2 Å². The average Bonchev–Trinajstić information content (AvgIpc) is 3.27. The number of carbonyl (C=O) groups is 3. The number of benzene rings is 1. The maximum Gasteiger partial charge on any atom is 0.307 e. The first-order valence-electron chi connectivity index (χ1n) is 9.26. The number of ether oxygens (including phenoxy) is 1. The van der Waals surface area contributed by atoms with E-state index >= 15 is 0 Å². The number of carboxylic acids is 1. The largest absolute Gasteiger partial charge is 0.481 e. The van der Waals surface area contributed by atoms with E-state index in [9.17, 15) is 19.5 Å². The van der Waals surface area contributed by atoms with Crippen molar-refractivity contribution in [3.63, 3.8) is 0 Å². The molecule has 0 unspecified atom stereocenters. The molecule has 3 rings (SSSR count). The van der Waals surface area contributed by atoms with Crippen molar-refractivity contribution in [1.29, 1.82) is 0 Å². The summed E-state index contributed by atoms with van der Waals surface area (Å²) >= 11 is 12.0. The van der Waals surface area contributed by atoms with Crippen molar-refractivity contribution in [2.45, 2.75) is 38.7 Å². The molecule has 2 fully saturated rings. The number of carboxylic acid groups (broad SMARTS) is 1. The van der Waals surface area contributed by atoms with Crippen LogP contribution in [-0.4, -0.2) is 29.0 Å². The number of hydrazine groups is 1. The van der Waals surface area contributed by atoms with Gasteiger partial charge in [-0.05, 0) is 49.7 Å². The first-order chi connectivity index (χ1) is 13.3. The summed E-state index contributed by atoms with van der Waals surface area (Å²) in [7, 11) is 0. The van der Waals surface area contributed by atoms with Gasteiger partial charge in [0.15, 0.2) is 6.10 Å². The number of hydrogen-bond donors (Lipinski definition) is 3. The Hall–Kier alpha value is -1.99. The Balaban J connectivity index is 1.60. The van der Waals surface area contributed by atoms with Crippen LogP contribution in [0.15, 0.2) is 18.2 Å². The van der Waals surface area contributed by atoms with Crippen LogP contribution in [0.5, 0.6) is 5.75 Å². The lowest BCUT2D eigenvalue weighted by Gasteiger charge is -2.27. The first-order valence-corrected chi connectivity index (χ1v) is 10.0. The number of carbonyl (C=O) groups excluding carboxylic acids is 2. The highest BCUT2D eigenvalue weighted by atomic mass is 35.5. The monoisotopic (exact) mass is 428 g/mol. The van der Waals surface area contributed by atoms with E-state index in [2.05, 4.69) is 10.9 Å². The lowest BCUT2D eigenvalue weighted by molar-refractivity contribution is -0.150. The Bertz CT molecular complexity index is 788. The molecule has 2 amide bonds. The quantitative estimate of drug-likeness (QED) is 0.603. The minimum absolute atomic E-state index is 0.0330. The van der Waals surface area contributed by atoms with Gasteiger partial charge in [0.1, 0.15) is 5.75 Å². The Morgan fingerprint density at radius 1 is 1.18 bits per heavy atom. The van der Waals surface area contributed by atoms with E-state index in [4.69, 9.17) is 27.9 Å². The summed E-state index contributed by atoms with van der Waals surface area (Å²) in [5.41, 5.74) is 4.73. The average molecular weight is 429 g/mol. The molecule has 0 radical (unpaired) electrons. The summed E-state index contributed by atoms with van der Waals surface area (Å²) in [5.74, 6) is -2.95. The van der Waals surface area contributed by atoms with Gasteiger partial charge in [0.2, 0.25) is 5.91 Å². The molecule has 2 aliphatic carbocycles. The minimum Gasteiger partial charge on any atom is -0.481 e. The van der Waals surface area contributed by atoms with E-state index in [-0.39, 0.29) is 17.6 Å². The molecule has 2 aliphatic rings. The molecule has 2 bridgehead atoms. The van der Waals surface area contributed by atoms with Gasteiger partial charge in [0, 0.05) is 11.1 Å². The number of nitrogens with one attached hydrogen (secondary N) is 2. The zero-order chi connectivity index (χ0) is 20.4. The highest BCUT2D eigenvalue weighted by Crippen LogP contribution is 2.52. The molecular weight excluding hydrogens is 407 g/mol. The third-order valence-corrected chi connectivity index (χ3v) is 6.19. The minimum atomic E-state index is -0.955. The predicted octanol–water partition coefficient (Wildman–Crippen LogP) is 3.05. The molecule has 3 N–H and O–H groups in total. The maximum absolute atomic E-state index is 12.6. The van der Waals surface area contributed by atoms with Gasteiger partial charge >= 0.3 is 5.97 Å². The van der Waals surface area contributed by atoms with Crippen LogP contribution in [0, 0.1) is 23.7 Å². The standard InChI is InChI=1S/C19H22Cl2N2O5/c1-2-13(28-14-8-11(20)5-6-12(14)21)17(24)22-23-18(25)15-9-3-4-10(7-9)16(15)19(26)27/h5-6,8-10,13,15-16H,2-4,7H2,1H3,(H,22,24)(H,23,25)(H,26,27)/t9-,10+,13+,15+,16+/m1/s1. The summed E-state index contributed by atoms with van der Waals surface area (Å²) in [6.07, 6.45) is 1.86. The second-order valence-electron chi connectivity index (χ2n) is 7.29. The first kappa shape index (κ1) is 20.7. The maximum atomic E-state index is 12.6. The van der Waals surface area contributed by atoms with Gasteiger partial charge in [-0.15, -0.1) is 0 Å². The summed E-state index contributed by atoms with van der Waals surface area (Å²) in [6.45, 7) is 1.75. The van der Waals surface area contributed by atoms with E-state index < -0.39 is 35.7 Å². The summed E-state index contributed by atoms with van der Waals surface area (Å²) in [4.78, 5) is 36.5. The van der Waals surface area contributed by atoms with E-state index in [1.54, 1.807) is 19.1 Å². The van der Waals surface area contributed by atoms with Crippen molar-refractivity contribution in [1.82, 2.24) is 10.9 Å². The van der Waals surface area contributed by atoms with E-state index in [1.165, 1.54) is 6.07 Å². The van der Waals surface area contributed by atoms with Crippen LogP contribution in [0.2, 0.25) is 10.0 Å². The fourth-order valence-corrected chi connectivity index (χ4v) is 4.68. The molecule has 2 saturated carbocycles. The van der Waals surface area contributed by atoms with E-state index in [1.807, 2.05) is 0 Å². The molecule has 28 heavy (non-hydrogen) atoms. The Morgan fingerprint density at radius 2 is 1.86 bits per heavy atom. The van der Waals surface area contributed by atoms with Crippen LogP contribution in [0.3, 0.4) is 0 Å². The van der Waals surface area contributed by atoms with Crippen LogP contribution in [0.1, 0.15) is 32.6 Å². The van der Waals surface area contributed by atoms with Crippen LogP contribution in [0.25, 0.3) is 0 Å². The molecule has 0 heterocycles. The summed E-state index contributed by atoms with van der Waals surface area (Å²) in [5, 5.41) is 10.2. The van der Waals surface area contributed by atoms with Gasteiger partial charge in [0.25, 0.3) is 5.91 Å². The van der Waals surface area contributed by atoms with Gasteiger partial charge in [-0.1, -0.05) is 30.1 Å². The number of fused-ring (bicyclic) bond motifs is 2. The lowest BCUT2D eigenvalue weighted by Crippen LogP contribution is -2.52. The van der Waals surface area contributed by atoms with Gasteiger partial charge in [-0.2, -0.15) is 0 Å². The molecule has 0 saturated heterocycles. The summed E-state index contributed by atoms with van der Waals surface area (Å²) in [6, 6.07) is 4.67. The molecule has 1 aromatic carbocycles. The van der Waals surface area contributed by atoms with Crippen molar-refractivity contribution in [3.8, 4) is 5.75 Å². The zero-order valence-electron chi connectivity index (χ0n) is 15.3. The van der Waals surface area contributed by atoms with Crippen molar-refractivity contribution in [2.75, 3.05) is 0 Å². The van der Waals surface area contributed by atoms with Crippen LogP contribution < -0.4 is 15.6 Å². The molecular formula is C19H22Cl2N2O5. The van der Waals surface area contributed by atoms with E-state index in [0.717, 1.165) is 19.3 Å². The van der Waals surface area contributed by atoms with E-state index in [0.29, 0.717) is 16.5 Å². The van der Waals surface area contributed by atoms with Crippen LogP contribution in [0.4, 0.5) is 0 Å².